The number of fused-ring (bicyclic) bond motifs is 1. The zero-order valence-corrected chi connectivity index (χ0v) is 16.3. The van der Waals surface area contributed by atoms with Gasteiger partial charge in [-0.25, -0.2) is 4.57 Å². The van der Waals surface area contributed by atoms with Gasteiger partial charge in [0, 0.05) is 28.7 Å². The molecule has 0 amide bonds. The van der Waals surface area contributed by atoms with Crippen molar-refractivity contribution in [2.45, 2.75) is 40.2 Å². The Morgan fingerprint density at radius 1 is 0.963 bits per heavy atom. The van der Waals surface area contributed by atoms with Crippen molar-refractivity contribution in [3.05, 3.63) is 99.9 Å². The van der Waals surface area contributed by atoms with E-state index in [0.717, 1.165) is 24.9 Å². The van der Waals surface area contributed by atoms with Gasteiger partial charge in [-0.3, -0.25) is 4.79 Å². The molecule has 0 saturated carbocycles. The molecule has 1 atom stereocenters. The number of rotatable bonds is 4. The van der Waals surface area contributed by atoms with Crippen molar-refractivity contribution in [3.63, 3.8) is 0 Å². The van der Waals surface area contributed by atoms with Crippen molar-refractivity contribution < 1.29 is 9.36 Å². The third-order valence-electron chi connectivity index (χ3n) is 5.83. The van der Waals surface area contributed by atoms with Crippen molar-refractivity contribution in [1.82, 2.24) is 0 Å². The number of hydrogen-bond donors (Lipinski definition) is 0. The summed E-state index contributed by atoms with van der Waals surface area (Å²) in [6.45, 7) is 7.23. The van der Waals surface area contributed by atoms with Gasteiger partial charge in [0.05, 0.1) is 0 Å². The third kappa shape index (κ3) is 3.57. The van der Waals surface area contributed by atoms with Crippen molar-refractivity contribution in [2.24, 2.45) is 5.92 Å². The Morgan fingerprint density at radius 2 is 1.70 bits per heavy atom. The summed E-state index contributed by atoms with van der Waals surface area (Å²) in [5.41, 5.74) is 8.47. The van der Waals surface area contributed by atoms with Crippen molar-refractivity contribution in [1.29, 1.82) is 0 Å². The van der Waals surface area contributed by atoms with Gasteiger partial charge >= 0.3 is 0 Å². The molecule has 0 saturated heterocycles. The largest absolute Gasteiger partial charge is 0.294 e. The molecule has 1 heterocycles. The van der Waals surface area contributed by atoms with Crippen LogP contribution in [0.5, 0.6) is 0 Å². The van der Waals surface area contributed by atoms with Crippen LogP contribution in [0.3, 0.4) is 0 Å². The summed E-state index contributed by atoms with van der Waals surface area (Å²) in [6, 6.07) is 17.0. The first-order valence-corrected chi connectivity index (χ1v) is 9.68. The molecule has 2 aromatic carbocycles. The van der Waals surface area contributed by atoms with E-state index in [-0.39, 0.29) is 5.92 Å². The monoisotopic (exact) mass is 356 g/mol. The van der Waals surface area contributed by atoms with Crippen molar-refractivity contribution >= 4 is 5.78 Å². The number of ketones is 1. The Bertz CT molecular complexity index is 1000. The lowest BCUT2D eigenvalue weighted by molar-refractivity contribution is -0.688. The average molecular weight is 356 g/mol. The Morgan fingerprint density at radius 3 is 2.44 bits per heavy atom. The summed E-state index contributed by atoms with van der Waals surface area (Å²) in [6.07, 6.45) is 6.02. The summed E-state index contributed by atoms with van der Waals surface area (Å²) in [4.78, 5) is 12.9. The van der Waals surface area contributed by atoms with Crippen LogP contribution in [0.4, 0.5) is 0 Å². The van der Waals surface area contributed by atoms with E-state index in [2.05, 4.69) is 80.2 Å². The number of Topliss-reactive ketones (excluding diaryl/α,β-unsaturated/α-hetero) is 1. The van der Waals surface area contributed by atoms with Gasteiger partial charge in [0.15, 0.2) is 24.7 Å². The van der Waals surface area contributed by atoms with E-state index >= 15 is 0 Å². The number of pyridine rings is 1. The molecular formula is C25H26NO+. The first-order valence-electron chi connectivity index (χ1n) is 9.68. The standard InChI is InChI=1S/C25H26NO/c1-17-11-22-14-23(25(27)24(22)12-18(17)2)13-21-9-10-26(15-19(21)3)16-20-7-5-4-6-8-20/h4-12,15,23H,13-14,16H2,1-3H3/q+1. The van der Waals surface area contributed by atoms with Gasteiger partial charge in [-0.05, 0) is 61.9 Å². The molecule has 2 heteroatoms. The molecular weight excluding hydrogens is 330 g/mol. The average Bonchev–Trinajstić information content (AvgIpc) is 2.94. The molecule has 136 valence electrons. The van der Waals surface area contributed by atoms with Gasteiger partial charge < -0.3 is 0 Å². The van der Waals surface area contributed by atoms with Crippen LogP contribution in [0.15, 0.2) is 60.9 Å². The van der Waals surface area contributed by atoms with E-state index in [9.17, 15) is 4.79 Å². The number of carbonyl (C=O) groups is 1. The summed E-state index contributed by atoms with van der Waals surface area (Å²) in [7, 11) is 0. The predicted molar refractivity (Wildman–Crippen MR) is 108 cm³/mol. The van der Waals surface area contributed by atoms with Crippen molar-refractivity contribution in [2.75, 3.05) is 0 Å². The van der Waals surface area contributed by atoms with Gasteiger partial charge in [-0.15, -0.1) is 0 Å². The zero-order chi connectivity index (χ0) is 19.0. The summed E-state index contributed by atoms with van der Waals surface area (Å²) >= 11 is 0. The fourth-order valence-electron chi connectivity index (χ4n) is 4.10. The SMILES string of the molecule is Cc1cc2c(cc1C)C(=O)C(Cc1cc[n+](Cc3ccccc3)cc1C)C2. The number of aryl methyl sites for hydroxylation is 3. The van der Waals surface area contributed by atoms with E-state index in [0.29, 0.717) is 5.78 Å². The zero-order valence-electron chi connectivity index (χ0n) is 16.3. The third-order valence-corrected chi connectivity index (χ3v) is 5.83. The van der Waals surface area contributed by atoms with Gasteiger partial charge in [-0.2, -0.15) is 0 Å². The van der Waals surface area contributed by atoms with Crippen LogP contribution in [-0.2, 0) is 19.4 Å². The molecule has 1 unspecified atom stereocenters. The number of aromatic nitrogens is 1. The highest BCUT2D eigenvalue weighted by Gasteiger charge is 2.31. The highest BCUT2D eigenvalue weighted by molar-refractivity contribution is 6.02. The maximum atomic E-state index is 12.9. The molecule has 1 aromatic heterocycles. The normalized spacial score (nSPS) is 15.8. The van der Waals surface area contributed by atoms with Gasteiger partial charge in [0.1, 0.15) is 0 Å². The van der Waals surface area contributed by atoms with E-state index in [1.165, 1.54) is 33.4 Å². The lowest BCUT2D eigenvalue weighted by Crippen LogP contribution is -2.34. The fourth-order valence-corrected chi connectivity index (χ4v) is 4.10. The molecule has 0 radical (unpaired) electrons. The van der Waals surface area contributed by atoms with Crippen LogP contribution in [0.25, 0.3) is 0 Å². The second-order valence-corrected chi connectivity index (χ2v) is 7.87. The van der Waals surface area contributed by atoms with Gasteiger partial charge in [0.25, 0.3) is 0 Å². The lowest BCUT2D eigenvalue weighted by atomic mass is 9.94. The van der Waals surface area contributed by atoms with Crippen LogP contribution in [0, 0.1) is 26.7 Å². The molecule has 1 aliphatic rings. The minimum Gasteiger partial charge on any atom is -0.294 e. The van der Waals surface area contributed by atoms with E-state index in [1.807, 2.05) is 6.07 Å². The van der Waals surface area contributed by atoms with E-state index in [4.69, 9.17) is 0 Å². The number of benzene rings is 2. The molecule has 1 aliphatic carbocycles. The molecule has 27 heavy (non-hydrogen) atoms. The first kappa shape index (κ1) is 17.7. The molecule has 3 aromatic rings. The van der Waals surface area contributed by atoms with Crippen LogP contribution in [0.1, 0.15) is 43.7 Å². The number of nitrogens with zero attached hydrogens (tertiary/aromatic N) is 1. The van der Waals surface area contributed by atoms with E-state index < -0.39 is 0 Å². The molecule has 0 bridgehead atoms. The maximum Gasteiger partial charge on any atom is 0.173 e. The predicted octanol–water partition coefficient (Wildman–Crippen LogP) is 4.55. The molecule has 0 spiro atoms. The number of hydrogen-bond acceptors (Lipinski definition) is 1. The Balaban J connectivity index is 1.51. The molecule has 0 N–H and O–H groups in total. The Hall–Kier alpha value is -2.74. The highest BCUT2D eigenvalue weighted by Crippen LogP contribution is 2.31. The van der Waals surface area contributed by atoms with Crippen LogP contribution < -0.4 is 4.57 Å². The second kappa shape index (κ2) is 7.11. The molecule has 2 nitrogen and oxygen atoms in total. The lowest BCUT2D eigenvalue weighted by Gasteiger charge is -2.10. The fraction of sp³-hybridized carbons (Fsp3) is 0.280. The number of carbonyl (C=O) groups excluding carboxylic acids is 1. The summed E-state index contributed by atoms with van der Waals surface area (Å²) in [5.74, 6) is 0.387. The highest BCUT2D eigenvalue weighted by atomic mass is 16.1. The molecule has 0 aliphatic heterocycles. The van der Waals surface area contributed by atoms with Crippen LogP contribution >= 0.6 is 0 Å². The summed E-state index contributed by atoms with van der Waals surface area (Å²) in [5, 5.41) is 0. The van der Waals surface area contributed by atoms with Gasteiger partial charge in [0.2, 0.25) is 0 Å². The first-order chi connectivity index (χ1) is 13.0. The Labute approximate surface area is 161 Å². The smallest absolute Gasteiger partial charge is 0.173 e. The van der Waals surface area contributed by atoms with Crippen LogP contribution in [0.2, 0.25) is 0 Å². The maximum absolute atomic E-state index is 12.9. The molecule has 0 fully saturated rings. The van der Waals surface area contributed by atoms with E-state index in [1.54, 1.807) is 0 Å². The van der Waals surface area contributed by atoms with Crippen LogP contribution in [-0.4, -0.2) is 5.78 Å². The molecule has 4 rings (SSSR count). The second-order valence-electron chi connectivity index (χ2n) is 7.87. The Kier molecular flexibility index (Phi) is 4.65. The summed E-state index contributed by atoms with van der Waals surface area (Å²) < 4.78 is 2.21. The quantitative estimate of drug-likeness (QED) is 0.629. The topological polar surface area (TPSA) is 20.9 Å². The van der Waals surface area contributed by atoms with Gasteiger partial charge in [-0.1, -0.05) is 36.4 Å². The minimum atomic E-state index is 0.0740. The van der Waals surface area contributed by atoms with Crippen molar-refractivity contribution in [3.8, 4) is 0 Å². The minimum absolute atomic E-state index is 0.0740.